The van der Waals surface area contributed by atoms with Gasteiger partial charge in [0.1, 0.15) is 23.9 Å². The zero-order valence-corrected chi connectivity index (χ0v) is 18.4. The molecule has 0 radical (unpaired) electrons. The zero-order valence-electron chi connectivity index (χ0n) is 17.5. The van der Waals surface area contributed by atoms with Gasteiger partial charge in [0, 0.05) is 6.54 Å². The molecule has 4 amide bonds. The average Bonchev–Trinajstić information content (AvgIpc) is 3.17. The third kappa shape index (κ3) is 5.71. The molecule has 2 bridgehead atoms. The summed E-state index contributed by atoms with van der Waals surface area (Å²) in [7, 11) is -4.87. The number of urea groups is 1. The highest BCUT2D eigenvalue weighted by atomic mass is 32.3. The Balaban J connectivity index is 1.76. The topological polar surface area (TPSA) is 190 Å². The van der Waals surface area contributed by atoms with Crippen LogP contribution in [-0.4, -0.2) is 92.1 Å². The summed E-state index contributed by atoms with van der Waals surface area (Å²) in [5.41, 5.74) is 5.23. The second-order valence-electron chi connectivity index (χ2n) is 8.17. The van der Waals surface area contributed by atoms with Crippen LogP contribution in [0.3, 0.4) is 0 Å². The fourth-order valence-corrected chi connectivity index (χ4v) is 3.50. The number of aromatic nitrogens is 3. The first-order valence-electron chi connectivity index (χ1n) is 9.35. The number of hydrogen-bond donors (Lipinski definition) is 2. The third-order valence-corrected chi connectivity index (χ3v) is 4.62. The lowest BCUT2D eigenvalue weighted by Crippen LogP contribution is -2.41. The van der Waals surface area contributed by atoms with Crippen LogP contribution in [0.5, 0.6) is 0 Å². The molecule has 0 saturated carbocycles. The number of ether oxygens (including phenoxy) is 1. The lowest BCUT2D eigenvalue weighted by atomic mass is 10.2. The van der Waals surface area contributed by atoms with Crippen molar-refractivity contribution in [3.8, 4) is 0 Å². The van der Waals surface area contributed by atoms with E-state index in [4.69, 9.17) is 15.0 Å². The molecule has 3 heterocycles. The molecule has 2 aliphatic heterocycles. The van der Waals surface area contributed by atoms with E-state index < -0.39 is 46.6 Å². The molecule has 16 heteroatoms. The normalized spacial score (nSPS) is 18.6. The van der Waals surface area contributed by atoms with E-state index in [-0.39, 0.29) is 19.6 Å². The van der Waals surface area contributed by atoms with Crippen molar-refractivity contribution in [1.82, 2.24) is 29.9 Å². The Hall–Kier alpha value is -3.24. The lowest BCUT2D eigenvalue weighted by molar-refractivity contribution is -0.119. The SMILES string of the molecule is CC(C)(C)OC(=O)N(CC(N)=O)Cc1cn(C2=CC3CN(C2)C(=O)N3OS(=O)(=O)O)nn1. The molecule has 1 unspecified atom stereocenters. The summed E-state index contributed by atoms with van der Waals surface area (Å²) in [6, 6.07) is -1.52. The molecule has 1 aromatic rings. The predicted molar refractivity (Wildman–Crippen MR) is 105 cm³/mol. The maximum absolute atomic E-state index is 12.4. The number of carbonyl (C=O) groups is 3. The standard InChI is InChI=1S/C16H23N7O8S/c1-16(2,3)30-15(26)21(9-13(17)24)5-10-6-22(19-18-10)11-4-12-8-20(7-11)14(25)23(12)31-32(27,28)29/h4,6,12H,5,7-9H2,1-3H3,(H2,17,24)(H,27,28,29). The van der Waals surface area contributed by atoms with Crippen molar-refractivity contribution in [2.24, 2.45) is 5.73 Å². The number of nitrogens with two attached hydrogens (primary N) is 1. The highest BCUT2D eigenvalue weighted by Gasteiger charge is 2.43. The molecule has 0 aromatic carbocycles. The molecule has 0 spiro atoms. The van der Waals surface area contributed by atoms with Crippen LogP contribution < -0.4 is 5.73 Å². The molecule has 3 N–H and O–H groups in total. The van der Waals surface area contributed by atoms with Crippen LogP contribution in [0.15, 0.2) is 12.3 Å². The summed E-state index contributed by atoms with van der Waals surface area (Å²) < 4.78 is 41.8. The van der Waals surface area contributed by atoms with Crippen LogP contribution in [0.1, 0.15) is 26.5 Å². The summed E-state index contributed by atoms with van der Waals surface area (Å²) in [4.78, 5) is 38.4. The van der Waals surface area contributed by atoms with Crippen LogP contribution in [0.4, 0.5) is 9.59 Å². The van der Waals surface area contributed by atoms with Gasteiger partial charge in [0.15, 0.2) is 0 Å². The van der Waals surface area contributed by atoms with E-state index >= 15 is 0 Å². The summed E-state index contributed by atoms with van der Waals surface area (Å²) in [6.45, 7) is 4.76. The number of carbonyl (C=O) groups excluding carboxylic acids is 3. The Bertz CT molecular complexity index is 1060. The number of amides is 4. The fraction of sp³-hybridized carbons (Fsp3) is 0.562. The Labute approximate surface area is 183 Å². The zero-order chi connectivity index (χ0) is 23.8. The summed E-state index contributed by atoms with van der Waals surface area (Å²) in [5.74, 6) is -0.736. The highest BCUT2D eigenvalue weighted by Crippen LogP contribution is 2.27. The van der Waals surface area contributed by atoms with Gasteiger partial charge in [-0.25, -0.2) is 14.3 Å². The van der Waals surface area contributed by atoms with Crippen molar-refractivity contribution in [1.29, 1.82) is 0 Å². The molecule has 1 fully saturated rings. The maximum Gasteiger partial charge on any atom is 0.418 e. The quantitative estimate of drug-likeness (QED) is 0.474. The van der Waals surface area contributed by atoms with Crippen LogP contribution >= 0.6 is 0 Å². The summed E-state index contributed by atoms with van der Waals surface area (Å²) in [5, 5.41) is 8.49. The minimum atomic E-state index is -4.87. The molecule has 1 atom stereocenters. The first kappa shape index (κ1) is 23.4. The van der Waals surface area contributed by atoms with Crippen molar-refractivity contribution < 1.29 is 36.4 Å². The van der Waals surface area contributed by atoms with Gasteiger partial charge in [-0.1, -0.05) is 5.21 Å². The Morgan fingerprint density at radius 2 is 2.06 bits per heavy atom. The molecule has 176 valence electrons. The molecule has 0 aliphatic carbocycles. The predicted octanol–water partition coefficient (Wildman–Crippen LogP) is -0.804. The third-order valence-electron chi connectivity index (χ3n) is 4.27. The summed E-state index contributed by atoms with van der Waals surface area (Å²) >= 11 is 0. The van der Waals surface area contributed by atoms with Gasteiger partial charge in [-0.05, 0) is 26.8 Å². The smallest absolute Gasteiger partial charge is 0.418 e. The van der Waals surface area contributed by atoms with Gasteiger partial charge in [-0.2, -0.15) is 13.5 Å². The number of rotatable bonds is 7. The highest BCUT2D eigenvalue weighted by molar-refractivity contribution is 7.80. The summed E-state index contributed by atoms with van der Waals surface area (Å²) in [6.07, 6.45) is 2.27. The van der Waals surface area contributed by atoms with E-state index in [1.54, 1.807) is 26.8 Å². The molecular weight excluding hydrogens is 450 g/mol. The Kier molecular flexibility index (Phi) is 6.12. The minimum Gasteiger partial charge on any atom is -0.444 e. The maximum atomic E-state index is 12.4. The number of primary amides is 1. The van der Waals surface area contributed by atoms with Crippen molar-refractivity contribution >= 4 is 34.1 Å². The van der Waals surface area contributed by atoms with Crippen LogP contribution in [0.25, 0.3) is 5.70 Å². The molecule has 2 aliphatic rings. The van der Waals surface area contributed by atoms with Crippen molar-refractivity contribution in [3.05, 3.63) is 18.0 Å². The number of nitrogens with zero attached hydrogens (tertiary/aromatic N) is 6. The van der Waals surface area contributed by atoms with E-state index in [1.807, 2.05) is 0 Å². The monoisotopic (exact) mass is 473 g/mol. The average molecular weight is 473 g/mol. The Morgan fingerprint density at radius 3 is 2.66 bits per heavy atom. The van der Waals surface area contributed by atoms with Crippen LogP contribution in [-0.2, 0) is 30.8 Å². The van der Waals surface area contributed by atoms with Gasteiger partial charge < -0.3 is 15.4 Å². The van der Waals surface area contributed by atoms with Crippen LogP contribution in [0, 0.1) is 0 Å². The van der Waals surface area contributed by atoms with Crippen molar-refractivity contribution in [3.63, 3.8) is 0 Å². The molecule has 1 aromatic heterocycles. The molecular formula is C16H23N7O8S. The van der Waals surface area contributed by atoms with Gasteiger partial charge in [-0.15, -0.1) is 9.38 Å². The van der Waals surface area contributed by atoms with E-state index in [2.05, 4.69) is 14.6 Å². The van der Waals surface area contributed by atoms with Crippen LogP contribution in [0.2, 0.25) is 0 Å². The molecule has 1 saturated heterocycles. The van der Waals surface area contributed by atoms with E-state index in [0.717, 1.165) is 4.90 Å². The molecule has 32 heavy (non-hydrogen) atoms. The minimum absolute atomic E-state index is 0.0700. The van der Waals surface area contributed by atoms with Crippen molar-refractivity contribution in [2.45, 2.75) is 39.0 Å². The van der Waals surface area contributed by atoms with Gasteiger partial charge in [0.25, 0.3) is 0 Å². The molecule has 3 rings (SSSR count). The van der Waals surface area contributed by atoms with E-state index in [9.17, 15) is 22.8 Å². The van der Waals surface area contributed by atoms with Gasteiger partial charge >= 0.3 is 22.5 Å². The second-order valence-corrected chi connectivity index (χ2v) is 9.18. The number of hydroxylamine groups is 2. The van der Waals surface area contributed by atoms with Gasteiger partial charge in [0.05, 0.1) is 25.0 Å². The largest absolute Gasteiger partial charge is 0.444 e. The van der Waals surface area contributed by atoms with Crippen molar-refractivity contribution in [2.75, 3.05) is 19.6 Å². The number of hydrogen-bond acceptors (Lipinski definition) is 9. The number of fused-ring (bicyclic) bond motifs is 2. The first-order valence-corrected chi connectivity index (χ1v) is 10.7. The molecule has 15 nitrogen and oxygen atoms in total. The lowest BCUT2D eigenvalue weighted by Gasteiger charge is -2.26. The second kappa shape index (κ2) is 8.36. The Morgan fingerprint density at radius 1 is 1.38 bits per heavy atom. The van der Waals surface area contributed by atoms with Gasteiger partial charge in [0.2, 0.25) is 5.91 Å². The first-order chi connectivity index (χ1) is 14.7. The fourth-order valence-electron chi connectivity index (χ4n) is 3.13. The van der Waals surface area contributed by atoms with E-state index in [0.29, 0.717) is 16.5 Å². The van der Waals surface area contributed by atoms with E-state index in [1.165, 1.54) is 15.8 Å². The van der Waals surface area contributed by atoms with Gasteiger partial charge in [-0.3, -0.25) is 14.2 Å².